The zero-order valence-electron chi connectivity index (χ0n) is 10.3. The predicted octanol–water partition coefficient (Wildman–Crippen LogP) is 2.62. The molecule has 0 saturated carbocycles. The molecule has 2 N–H and O–H groups in total. The molecule has 2 aromatic rings. The van der Waals surface area contributed by atoms with E-state index in [9.17, 15) is 0 Å². The van der Waals surface area contributed by atoms with Gasteiger partial charge in [-0.2, -0.15) is 0 Å². The van der Waals surface area contributed by atoms with E-state index in [4.69, 9.17) is 16.0 Å². The van der Waals surface area contributed by atoms with Gasteiger partial charge in [-0.3, -0.25) is 0 Å². The number of aromatic nitrogens is 2. The average molecular weight is 267 g/mol. The van der Waals surface area contributed by atoms with Crippen molar-refractivity contribution in [3.8, 4) is 0 Å². The Balaban J connectivity index is 1.94. The first kappa shape index (κ1) is 12.9. The van der Waals surface area contributed by atoms with Crippen molar-refractivity contribution in [2.75, 3.05) is 12.4 Å². The molecule has 6 heteroatoms. The topological polar surface area (TPSA) is 63.0 Å². The van der Waals surface area contributed by atoms with Crippen molar-refractivity contribution in [3.63, 3.8) is 0 Å². The van der Waals surface area contributed by atoms with Crippen molar-refractivity contribution in [2.45, 2.75) is 19.5 Å². The van der Waals surface area contributed by atoms with Gasteiger partial charge in [0.05, 0.1) is 6.04 Å². The standard InChI is InChI=1S/C12H15ClN4O/c1-8(14-2)11-16-17-12(18-11)15-7-9-3-5-10(13)6-4-9/h3-6,8,14H,7H2,1-2H3,(H,15,17). The maximum atomic E-state index is 5.81. The molecule has 1 atom stereocenters. The van der Waals surface area contributed by atoms with Gasteiger partial charge >= 0.3 is 6.01 Å². The van der Waals surface area contributed by atoms with Crippen LogP contribution < -0.4 is 10.6 Å². The maximum Gasteiger partial charge on any atom is 0.315 e. The molecule has 0 aliphatic rings. The number of benzene rings is 1. The third kappa shape index (κ3) is 3.21. The molecule has 1 unspecified atom stereocenters. The lowest BCUT2D eigenvalue weighted by Crippen LogP contribution is -2.12. The Morgan fingerprint density at radius 2 is 2.00 bits per heavy atom. The SMILES string of the molecule is CNC(C)c1nnc(NCc2ccc(Cl)cc2)o1. The number of rotatable bonds is 5. The molecule has 5 nitrogen and oxygen atoms in total. The summed E-state index contributed by atoms with van der Waals surface area (Å²) in [5.41, 5.74) is 1.10. The number of nitrogens with zero attached hydrogens (tertiary/aromatic N) is 2. The molecule has 0 fully saturated rings. The molecule has 0 aliphatic heterocycles. The largest absolute Gasteiger partial charge is 0.406 e. The second kappa shape index (κ2) is 5.84. The van der Waals surface area contributed by atoms with E-state index in [1.807, 2.05) is 38.2 Å². The lowest BCUT2D eigenvalue weighted by Gasteiger charge is -2.03. The quantitative estimate of drug-likeness (QED) is 0.871. The third-order valence-electron chi connectivity index (χ3n) is 2.60. The van der Waals surface area contributed by atoms with Crippen LogP contribution in [0.4, 0.5) is 6.01 Å². The van der Waals surface area contributed by atoms with Gasteiger partial charge in [0.2, 0.25) is 5.89 Å². The normalized spacial score (nSPS) is 12.4. The Hall–Kier alpha value is -1.59. The number of halogens is 1. The zero-order chi connectivity index (χ0) is 13.0. The summed E-state index contributed by atoms with van der Waals surface area (Å²) in [5.74, 6) is 0.566. The Kier molecular flexibility index (Phi) is 4.17. The van der Waals surface area contributed by atoms with Gasteiger partial charge in [0.15, 0.2) is 0 Å². The van der Waals surface area contributed by atoms with Crippen molar-refractivity contribution >= 4 is 17.6 Å². The zero-order valence-corrected chi connectivity index (χ0v) is 11.0. The van der Waals surface area contributed by atoms with Gasteiger partial charge in [-0.15, -0.1) is 5.10 Å². The fraction of sp³-hybridized carbons (Fsp3) is 0.333. The minimum atomic E-state index is 0.0450. The van der Waals surface area contributed by atoms with E-state index in [1.54, 1.807) is 0 Å². The average Bonchev–Trinajstić information content (AvgIpc) is 2.86. The van der Waals surface area contributed by atoms with Crippen LogP contribution in [0.25, 0.3) is 0 Å². The van der Waals surface area contributed by atoms with Crippen LogP contribution in [-0.2, 0) is 6.54 Å². The first-order valence-corrected chi connectivity index (χ1v) is 6.06. The van der Waals surface area contributed by atoms with E-state index in [2.05, 4.69) is 20.8 Å². The summed E-state index contributed by atoms with van der Waals surface area (Å²) in [6, 6.07) is 8.05. The molecule has 0 saturated heterocycles. The first-order valence-electron chi connectivity index (χ1n) is 5.68. The van der Waals surface area contributed by atoms with E-state index in [0.29, 0.717) is 18.5 Å². The number of nitrogens with one attached hydrogen (secondary N) is 2. The van der Waals surface area contributed by atoms with Gasteiger partial charge in [-0.05, 0) is 31.7 Å². The highest BCUT2D eigenvalue weighted by atomic mass is 35.5. The number of anilines is 1. The highest BCUT2D eigenvalue weighted by molar-refractivity contribution is 6.30. The summed E-state index contributed by atoms with van der Waals surface area (Å²) in [6.45, 7) is 2.57. The van der Waals surface area contributed by atoms with E-state index in [-0.39, 0.29) is 6.04 Å². The summed E-state index contributed by atoms with van der Waals surface area (Å²) in [4.78, 5) is 0. The highest BCUT2D eigenvalue weighted by Gasteiger charge is 2.11. The van der Waals surface area contributed by atoms with Crippen LogP contribution in [0.3, 0.4) is 0 Å². The molecule has 96 valence electrons. The molecule has 2 rings (SSSR count). The van der Waals surface area contributed by atoms with E-state index in [1.165, 1.54) is 0 Å². The van der Waals surface area contributed by atoms with Crippen molar-refractivity contribution < 1.29 is 4.42 Å². The molecule has 0 aliphatic carbocycles. The summed E-state index contributed by atoms with van der Waals surface area (Å²) < 4.78 is 5.46. The highest BCUT2D eigenvalue weighted by Crippen LogP contribution is 2.14. The molecule has 0 spiro atoms. The Labute approximate surface area is 111 Å². The van der Waals surface area contributed by atoms with Crippen LogP contribution >= 0.6 is 11.6 Å². The molecule has 0 radical (unpaired) electrons. The van der Waals surface area contributed by atoms with E-state index >= 15 is 0 Å². The van der Waals surface area contributed by atoms with Crippen LogP contribution in [-0.4, -0.2) is 17.2 Å². The fourth-order valence-corrected chi connectivity index (χ4v) is 1.51. The summed E-state index contributed by atoms with van der Waals surface area (Å²) in [5, 5.41) is 14.7. The van der Waals surface area contributed by atoms with Gasteiger partial charge in [0, 0.05) is 11.6 Å². The van der Waals surface area contributed by atoms with Gasteiger partial charge < -0.3 is 15.1 Å². The number of hydrogen-bond acceptors (Lipinski definition) is 5. The predicted molar refractivity (Wildman–Crippen MR) is 70.6 cm³/mol. The molecule has 1 heterocycles. The maximum absolute atomic E-state index is 5.81. The number of hydrogen-bond donors (Lipinski definition) is 2. The molecular weight excluding hydrogens is 252 g/mol. The van der Waals surface area contributed by atoms with Crippen LogP contribution in [0.5, 0.6) is 0 Å². The molecular formula is C12H15ClN4O. The first-order chi connectivity index (χ1) is 8.69. The third-order valence-corrected chi connectivity index (χ3v) is 2.85. The Morgan fingerprint density at radius 1 is 1.28 bits per heavy atom. The van der Waals surface area contributed by atoms with E-state index in [0.717, 1.165) is 10.6 Å². The van der Waals surface area contributed by atoms with Crippen molar-refractivity contribution in [3.05, 3.63) is 40.7 Å². The van der Waals surface area contributed by atoms with Crippen LogP contribution in [0.2, 0.25) is 5.02 Å². The summed E-state index contributed by atoms with van der Waals surface area (Å²) in [6.07, 6.45) is 0. The van der Waals surface area contributed by atoms with Crippen LogP contribution in [0.1, 0.15) is 24.4 Å². The van der Waals surface area contributed by atoms with Crippen LogP contribution in [0, 0.1) is 0 Å². The minimum absolute atomic E-state index is 0.0450. The fourth-order valence-electron chi connectivity index (χ4n) is 1.38. The van der Waals surface area contributed by atoms with Crippen LogP contribution in [0.15, 0.2) is 28.7 Å². The molecule has 0 bridgehead atoms. The summed E-state index contributed by atoms with van der Waals surface area (Å²) >= 11 is 5.81. The van der Waals surface area contributed by atoms with Crippen molar-refractivity contribution in [1.82, 2.24) is 15.5 Å². The van der Waals surface area contributed by atoms with Gasteiger partial charge in [0.1, 0.15) is 0 Å². The molecule has 1 aromatic carbocycles. The monoisotopic (exact) mass is 266 g/mol. The molecule has 18 heavy (non-hydrogen) atoms. The van der Waals surface area contributed by atoms with E-state index < -0.39 is 0 Å². The lowest BCUT2D eigenvalue weighted by molar-refractivity contribution is 0.441. The Bertz CT molecular complexity index is 497. The molecule has 1 aromatic heterocycles. The second-order valence-electron chi connectivity index (χ2n) is 3.94. The van der Waals surface area contributed by atoms with Gasteiger partial charge in [0.25, 0.3) is 0 Å². The lowest BCUT2D eigenvalue weighted by atomic mass is 10.2. The van der Waals surface area contributed by atoms with Gasteiger partial charge in [-0.1, -0.05) is 28.8 Å². The molecule has 0 amide bonds. The Morgan fingerprint density at radius 3 is 2.67 bits per heavy atom. The summed E-state index contributed by atoms with van der Waals surface area (Å²) in [7, 11) is 1.84. The smallest absolute Gasteiger partial charge is 0.315 e. The minimum Gasteiger partial charge on any atom is -0.406 e. The van der Waals surface area contributed by atoms with Crippen molar-refractivity contribution in [1.29, 1.82) is 0 Å². The second-order valence-corrected chi connectivity index (χ2v) is 4.37. The van der Waals surface area contributed by atoms with Crippen molar-refractivity contribution in [2.24, 2.45) is 0 Å². The van der Waals surface area contributed by atoms with Gasteiger partial charge in [-0.25, -0.2) is 0 Å².